The summed E-state index contributed by atoms with van der Waals surface area (Å²) in [5.74, 6) is 0. The summed E-state index contributed by atoms with van der Waals surface area (Å²) in [5.41, 5.74) is 1.56. The molecule has 0 N–H and O–H groups in total. The van der Waals surface area contributed by atoms with Crippen LogP contribution in [0, 0.1) is 0 Å². The predicted octanol–water partition coefficient (Wildman–Crippen LogP) is 1.18. The molecule has 66 valence electrons. The van der Waals surface area contributed by atoms with Crippen molar-refractivity contribution < 1.29 is 4.74 Å². The largest absolute Gasteiger partial charge is 0.377 e. The molecule has 0 aliphatic carbocycles. The number of rotatable bonds is 0. The van der Waals surface area contributed by atoms with E-state index in [1.54, 1.807) is 5.57 Å². The molecular formula is C10H15NO. The quantitative estimate of drug-likeness (QED) is 0.500. The van der Waals surface area contributed by atoms with Gasteiger partial charge in [-0.2, -0.15) is 0 Å². The van der Waals surface area contributed by atoms with Crippen LogP contribution >= 0.6 is 0 Å². The van der Waals surface area contributed by atoms with E-state index in [0.717, 1.165) is 25.3 Å². The molecule has 0 unspecified atom stereocenters. The summed E-state index contributed by atoms with van der Waals surface area (Å²) in [5, 5.41) is 0. The Kier molecular flexibility index (Phi) is 1.52. The van der Waals surface area contributed by atoms with Crippen LogP contribution in [0.15, 0.2) is 11.6 Å². The third-order valence-electron chi connectivity index (χ3n) is 3.38. The molecule has 2 saturated heterocycles. The first-order valence-corrected chi connectivity index (χ1v) is 4.99. The first kappa shape index (κ1) is 7.10. The second-order valence-electron chi connectivity index (χ2n) is 4.05. The summed E-state index contributed by atoms with van der Waals surface area (Å²) in [6, 6.07) is 1.53. The zero-order valence-electron chi connectivity index (χ0n) is 7.33. The van der Waals surface area contributed by atoms with Gasteiger partial charge in [0.05, 0.1) is 6.61 Å². The minimum Gasteiger partial charge on any atom is -0.377 e. The van der Waals surface area contributed by atoms with E-state index in [1.807, 2.05) is 0 Å². The van der Waals surface area contributed by atoms with Crippen molar-refractivity contribution in [3.05, 3.63) is 11.6 Å². The molecule has 0 saturated carbocycles. The Labute approximate surface area is 73.2 Å². The van der Waals surface area contributed by atoms with Crippen LogP contribution in [0.5, 0.6) is 0 Å². The van der Waals surface area contributed by atoms with Crippen LogP contribution in [-0.2, 0) is 4.74 Å². The zero-order valence-corrected chi connectivity index (χ0v) is 7.33. The van der Waals surface area contributed by atoms with Gasteiger partial charge in [-0.3, -0.25) is 4.90 Å². The Morgan fingerprint density at radius 1 is 1.42 bits per heavy atom. The minimum atomic E-state index is 0.756. The minimum absolute atomic E-state index is 0.756. The lowest BCUT2D eigenvalue weighted by Crippen LogP contribution is -2.37. The van der Waals surface area contributed by atoms with Crippen LogP contribution in [0.4, 0.5) is 0 Å². The molecule has 0 radical (unpaired) electrons. The van der Waals surface area contributed by atoms with Gasteiger partial charge in [0.1, 0.15) is 0 Å². The molecule has 2 nitrogen and oxygen atoms in total. The molecule has 0 aromatic carbocycles. The van der Waals surface area contributed by atoms with Crippen molar-refractivity contribution in [1.29, 1.82) is 0 Å². The summed E-state index contributed by atoms with van der Waals surface area (Å²) < 4.78 is 5.45. The maximum Gasteiger partial charge on any atom is 0.0692 e. The molecule has 2 fully saturated rings. The van der Waals surface area contributed by atoms with E-state index in [9.17, 15) is 0 Å². The van der Waals surface area contributed by atoms with Crippen LogP contribution in [0.1, 0.15) is 19.3 Å². The van der Waals surface area contributed by atoms with Gasteiger partial charge < -0.3 is 4.74 Å². The Morgan fingerprint density at radius 3 is 3.42 bits per heavy atom. The van der Waals surface area contributed by atoms with Crippen molar-refractivity contribution in [2.24, 2.45) is 0 Å². The highest BCUT2D eigenvalue weighted by Gasteiger charge is 2.38. The van der Waals surface area contributed by atoms with Crippen molar-refractivity contribution in [2.75, 3.05) is 19.8 Å². The molecule has 0 aromatic rings. The lowest BCUT2D eigenvalue weighted by Gasteiger charge is -2.29. The van der Waals surface area contributed by atoms with E-state index in [4.69, 9.17) is 4.74 Å². The van der Waals surface area contributed by atoms with Crippen LogP contribution in [0.2, 0.25) is 0 Å². The SMILES string of the molecule is C1=C2COCC[C@@H]2N2CCC[C@H]12. The number of hydrogen-bond donors (Lipinski definition) is 0. The molecular weight excluding hydrogens is 150 g/mol. The predicted molar refractivity (Wildman–Crippen MR) is 47.0 cm³/mol. The van der Waals surface area contributed by atoms with Gasteiger partial charge in [-0.15, -0.1) is 0 Å². The molecule has 3 aliphatic heterocycles. The Balaban J connectivity index is 1.87. The Morgan fingerprint density at radius 2 is 2.42 bits per heavy atom. The summed E-state index contributed by atoms with van der Waals surface area (Å²) in [6.45, 7) is 3.18. The van der Waals surface area contributed by atoms with E-state index in [0.29, 0.717) is 0 Å². The Bertz CT molecular complexity index is 224. The van der Waals surface area contributed by atoms with Gasteiger partial charge in [-0.05, 0) is 31.4 Å². The van der Waals surface area contributed by atoms with E-state index in [-0.39, 0.29) is 0 Å². The average molecular weight is 165 g/mol. The van der Waals surface area contributed by atoms with Crippen LogP contribution < -0.4 is 0 Å². The average Bonchev–Trinajstić information content (AvgIpc) is 2.62. The van der Waals surface area contributed by atoms with Crippen LogP contribution in [0.3, 0.4) is 0 Å². The molecule has 12 heavy (non-hydrogen) atoms. The molecule has 3 heterocycles. The van der Waals surface area contributed by atoms with Gasteiger partial charge in [0.15, 0.2) is 0 Å². The maximum atomic E-state index is 5.45. The fraction of sp³-hybridized carbons (Fsp3) is 0.800. The van der Waals surface area contributed by atoms with Crippen molar-refractivity contribution >= 4 is 0 Å². The monoisotopic (exact) mass is 165 g/mol. The first-order valence-electron chi connectivity index (χ1n) is 4.99. The van der Waals surface area contributed by atoms with E-state index >= 15 is 0 Å². The summed E-state index contributed by atoms with van der Waals surface area (Å²) >= 11 is 0. The third-order valence-corrected chi connectivity index (χ3v) is 3.38. The van der Waals surface area contributed by atoms with E-state index < -0.39 is 0 Å². The first-order chi connectivity index (χ1) is 5.95. The van der Waals surface area contributed by atoms with Gasteiger partial charge >= 0.3 is 0 Å². The normalized spacial score (nSPS) is 40.8. The van der Waals surface area contributed by atoms with Gasteiger partial charge in [-0.1, -0.05) is 6.08 Å². The van der Waals surface area contributed by atoms with Gasteiger partial charge in [0, 0.05) is 18.7 Å². The topological polar surface area (TPSA) is 12.5 Å². The number of ether oxygens (including phenoxy) is 1. The third kappa shape index (κ3) is 0.882. The molecule has 3 aliphatic rings. The number of hydrogen-bond acceptors (Lipinski definition) is 2. The molecule has 3 rings (SSSR count). The number of nitrogens with zero attached hydrogens (tertiary/aromatic N) is 1. The smallest absolute Gasteiger partial charge is 0.0692 e. The molecule has 2 heteroatoms. The second kappa shape index (κ2) is 2.57. The fourth-order valence-electron chi connectivity index (χ4n) is 2.83. The van der Waals surface area contributed by atoms with Crippen LogP contribution in [0.25, 0.3) is 0 Å². The maximum absolute atomic E-state index is 5.45. The van der Waals surface area contributed by atoms with Gasteiger partial charge in [0.2, 0.25) is 0 Å². The highest BCUT2D eigenvalue weighted by molar-refractivity contribution is 5.25. The van der Waals surface area contributed by atoms with Gasteiger partial charge in [0.25, 0.3) is 0 Å². The summed E-state index contributed by atoms with van der Waals surface area (Å²) in [6.07, 6.45) is 6.45. The summed E-state index contributed by atoms with van der Waals surface area (Å²) in [4.78, 5) is 2.66. The lowest BCUT2D eigenvalue weighted by molar-refractivity contribution is 0.0889. The molecule has 2 atom stereocenters. The Hall–Kier alpha value is -0.340. The lowest BCUT2D eigenvalue weighted by atomic mass is 10.0. The zero-order chi connectivity index (χ0) is 7.97. The van der Waals surface area contributed by atoms with Crippen molar-refractivity contribution in [3.8, 4) is 0 Å². The van der Waals surface area contributed by atoms with Crippen molar-refractivity contribution in [3.63, 3.8) is 0 Å². The standard InChI is InChI=1S/C10H15NO/c1-2-9-6-8-7-12-5-3-10(8)11(9)4-1/h6,9-10H,1-5,7H2/t9-,10+/m1/s1. The number of fused-ring (bicyclic) bond motifs is 3. The second-order valence-corrected chi connectivity index (χ2v) is 4.05. The fourth-order valence-corrected chi connectivity index (χ4v) is 2.83. The highest BCUT2D eigenvalue weighted by atomic mass is 16.5. The molecule has 0 spiro atoms. The van der Waals surface area contributed by atoms with Crippen molar-refractivity contribution in [2.45, 2.75) is 31.3 Å². The highest BCUT2D eigenvalue weighted by Crippen LogP contribution is 2.34. The summed E-state index contributed by atoms with van der Waals surface area (Å²) in [7, 11) is 0. The van der Waals surface area contributed by atoms with Gasteiger partial charge in [-0.25, -0.2) is 0 Å². The van der Waals surface area contributed by atoms with Crippen molar-refractivity contribution in [1.82, 2.24) is 4.90 Å². The molecule has 0 amide bonds. The van der Waals surface area contributed by atoms with Crippen LogP contribution in [-0.4, -0.2) is 36.7 Å². The molecule has 0 bridgehead atoms. The van der Waals surface area contributed by atoms with E-state index in [2.05, 4.69) is 11.0 Å². The van der Waals surface area contributed by atoms with E-state index in [1.165, 1.54) is 25.8 Å². The molecule has 0 aromatic heterocycles.